The van der Waals surface area contributed by atoms with Crippen LogP contribution in [0.15, 0.2) is 60.7 Å². The Kier molecular flexibility index (Phi) is 3.39. The van der Waals surface area contributed by atoms with E-state index in [1.807, 2.05) is 30.3 Å². The summed E-state index contributed by atoms with van der Waals surface area (Å²) in [6.45, 7) is 0. The molecule has 0 atom stereocenters. The summed E-state index contributed by atoms with van der Waals surface area (Å²) < 4.78 is 0. The minimum Gasteiger partial charge on any atom is -0.508 e. The van der Waals surface area contributed by atoms with E-state index in [2.05, 4.69) is 15.5 Å². The van der Waals surface area contributed by atoms with Crippen molar-refractivity contribution in [1.82, 2.24) is 10.2 Å². The van der Waals surface area contributed by atoms with Gasteiger partial charge in [0.1, 0.15) is 5.75 Å². The monoisotopic (exact) mass is 279 g/mol. The molecule has 3 N–H and O–H groups in total. The van der Waals surface area contributed by atoms with Crippen molar-refractivity contribution < 1.29 is 9.90 Å². The molecule has 0 fully saturated rings. The third-order valence-corrected chi connectivity index (χ3v) is 3.03. The molecule has 1 aromatic heterocycles. The number of nitrogens with one attached hydrogen (secondary N) is 2. The highest BCUT2D eigenvalue weighted by Gasteiger charge is 2.09. The number of benzene rings is 2. The van der Waals surface area contributed by atoms with Crippen LogP contribution in [-0.2, 0) is 0 Å². The molecule has 0 bridgehead atoms. The van der Waals surface area contributed by atoms with Crippen molar-refractivity contribution in [2.75, 3.05) is 5.32 Å². The van der Waals surface area contributed by atoms with Gasteiger partial charge in [0.15, 0.2) is 5.82 Å². The van der Waals surface area contributed by atoms with Crippen LogP contribution in [0.5, 0.6) is 5.75 Å². The van der Waals surface area contributed by atoms with Crippen molar-refractivity contribution in [3.63, 3.8) is 0 Å². The zero-order valence-electron chi connectivity index (χ0n) is 11.1. The van der Waals surface area contributed by atoms with Gasteiger partial charge in [-0.2, -0.15) is 5.10 Å². The number of hydrogen-bond donors (Lipinski definition) is 3. The first-order valence-corrected chi connectivity index (χ1v) is 6.43. The molecular weight excluding hydrogens is 266 g/mol. The van der Waals surface area contributed by atoms with Gasteiger partial charge >= 0.3 is 0 Å². The normalized spacial score (nSPS) is 10.3. The standard InChI is InChI=1S/C16H13N3O2/c20-13-8-6-12(7-9-13)16(21)17-15-10-14(18-19-15)11-4-2-1-3-5-11/h1-10,20H,(H2,17,18,19,21). The Labute approximate surface area is 121 Å². The number of anilines is 1. The Balaban J connectivity index is 1.75. The molecule has 1 heterocycles. The minimum atomic E-state index is -0.277. The number of rotatable bonds is 3. The van der Waals surface area contributed by atoms with Crippen LogP contribution in [0, 0.1) is 0 Å². The molecule has 0 unspecified atom stereocenters. The van der Waals surface area contributed by atoms with Crippen molar-refractivity contribution in [2.24, 2.45) is 0 Å². The molecule has 1 amide bonds. The predicted molar refractivity (Wildman–Crippen MR) is 80.1 cm³/mol. The maximum Gasteiger partial charge on any atom is 0.256 e. The smallest absolute Gasteiger partial charge is 0.256 e. The lowest BCUT2D eigenvalue weighted by Crippen LogP contribution is -2.11. The quantitative estimate of drug-likeness (QED) is 0.689. The fraction of sp³-hybridized carbons (Fsp3) is 0. The number of phenols is 1. The highest BCUT2D eigenvalue weighted by molar-refractivity contribution is 6.04. The molecule has 21 heavy (non-hydrogen) atoms. The highest BCUT2D eigenvalue weighted by atomic mass is 16.3. The summed E-state index contributed by atoms with van der Waals surface area (Å²) in [5.41, 5.74) is 2.28. The average Bonchev–Trinajstić information content (AvgIpc) is 2.97. The molecule has 2 aromatic carbocycles. The fourth-order valence-electron chi connectivity index (χ4n) is 1.95. The van der Waals surface area contributed by atoms with Crippen molar-refractivity contribution in [1.29, 1.82) is 0 Å². The maximum absolute atomic E-state index is 12.0. The summed E-state index contributed by atoms with van der Waals surface area (Å²) in [6, 6.07) is 17.5. The van der Waals surface area contributed by atoms with Gasteiger partial charge in [-0.1, -0.05) is 30.3 Å². The summed E-state index contributed by atoms with van der Waals surface area (Å²) in [5.74, 6) is 0.297. The first-order chi connectivity index (χ1) is 10.2. The van der Waals surface area contributed by atoms with E-state index in [-0.39, 0.29) is 11.7 Å². The lowest BCUT2D eigenvalue weighted by molar-refractivity contribution is 0.102. The molecule has 0 aliphatic heterocycles. The number of carbonyl (C=O) groups excluding carboxylic acids is 1. The second-order valence-corrected chi connectivity index (χ2v) is 4.53. The van der Waals surface area contributed by atoms with E-state index in [0.717, 1.165) is 11.3 Å². The summed E-state index contributed by atoms with van der Waals surface area (Å²) in [7, 11) is 0. The number of carbonyl (C=O) groups is 1. The van der Waals surface area contributed by atoms with Crippen LogP contribution in [0.3, 0.4) is 0 Å². The van der Waals surface area contributed by atoms with E-state index in [9.17, 15) is 9.90 Å². The molecular formula is C16H13N3O2. The number of hydrogen-bond acceptors (Lipinski definition) is 3. The molecule has 0 spiro atoms. The first kappa shape index (κ1) is 12.9. The van der Waals surface area contributed by atoms with Crippen molar-refractivity contribution in [2.45, 2.75) is 0 Å². The summed E-state index contributed by atoms with van der Waals surface area (Å²) in [4.78, 5) is 12.0. The van der Waals surface area contributed by atoms with E-state index in [0.29, 0.717) is 11.4 Å². The van der Waals surface area contributed by atoms with Crippen molar-refractivity contribution >= 4 is 11.7 Å². The zero-order chi connectivity index (χ0) is 14.7. The molecule has 0 saturated carbocycles. The van der Waals surface area contributed by atoms with Gasteiger partial charge in [-0.05, 0) is 29.8 Å². The fourth-order valence-corrected chi connectivity index (χ4v) is 1.95. The maximum atomic E-state index is 12.0. The van der Waals surface area contributed by atoms with Gasteiger partial charge < -0.3 is 10.4 Å². The second-order valence-electron chi connectivity index (χ2n) is 4.53. The SMILES string of the molecule is O=C(Nc1cc(-c2ccccc2)[nH]n1)c1ccc(O)cc1. The first-order valence-electron chi connectivity index (χ1n) is 6.43. The highest BCUT2D eigenvalue weighted by Crippen LogP contribution is 2.19. The number of amides is 1. The number of aromatic nitrogens is 2. The van der Waals surface area contributed by atoms with E-state index in [1.165, 1.54) is 12.1 Å². The summed E-state index contributed by atoms with van der Waals surface area (Å²) in [6.07, 6.45) is 0. The number of aromatic amines is 1. The van der Waals surface area contributed by atoms with Crippen molar-refractivity contribution in [3.8, 4) is 17.0 Å². The lowest BCUT2D eigenvalue weighted by atomic mass is 10.1. The van der Waals surface area contributed by atoms with E-state index >= 15 is 0 Å². The lowest BCUT2D eigenvalue weighted by Gasteiger charge is -2.01. The molecule has 104 valence electrons. The third kappa shape index (κ3) is 2.92. The van der Waals surface area contributed by atoms with Crippen LogP contribution >= 0.6 is 0 Å². The Hall–Kier alpha value is -3.08. The zero-order valence-corrected chi connectivity index (χ0v) is 11.1. The molecule has 3 rings (SSSR count). The number of H-pyrrole nitrogens is 1. The largest absolute Gasteiger partial charge is 0.508 e. The van der Waals surface area contributed by atoms with Crippen LogP contribution < -0.4 is 5.32 Å². The van der Waals surface area contributed by atoms with Crippen molar-refractivity contribution in [3.05, 3.63) is 66.2 Å². The van der Waals surface area contributed by atoms with Crippen LogP contribution in [0.4, 0.5) is 5.82 Å². The number of nitrogens with zero attached hydrogens (tertiary/aromatic N) is 1. The summed E-state index contributed by atoms with van der Waals surface area (Å²) >= 11 is 0. The van der Waals surface area contributed by atoms with Gasteiger partial charge in [0.25, 0.3) is 5.91 Å². The summed E-state index contributed by atoms with van der Waals surface area (Å²) in [5, 5.41) is 18.9. The van der Waals surface area contributed by atoms with Crippen LogP contribution in [0.2, 0.25) is 0 Å². The van der Waals surface area contributed by atoms with Gasteiger partial charge in [-0.3, -0.25) is 9.89 Å². The Morgan fingerprint density at radius 3 is 2.48 bits per heavy atom. The molecule has 5 heteroatoms. The average molecular weight is 279 g/mol. The molecule has 0 aliphatic rings. The minimum absolute atomic E-state index is 0.123. The van der Waals surface area contributed by atoms with Crippen LogP contribution in [-0.4, -0.2) is 21.2 Å². The van der Waals surface area contributed by atoms with Gasteiger partial charge in [0.05, 0.1) is 5.69 Å². The van der Waals surface area contributed by atoms with Gasteiger partial charge in [-0.15, -0.1) is 0 Å². The molecule has 3 aromatic rings. The third-order valence-electron chi connectivity index (χ3n) is 3.03. The Morgan fingerprint density at radius 2 is 1.76 bits per heavy atom. The molecule has 5 nitrogen and oxygen atoms in total. The number of aromatic hydroxyl groups is 1. The molecule has 0 radical (unpaired) electrons. The Bertz CT molecular complexity index is 749. The van der Waals surface area contributed by atoms with Crippen LogP contribution in [0.25, 0.3) is 11.3 Å². The molecule has 0 saturated heterocycles. The van der Waals surface area contributed by atoms with Crippen LogP contribution in [0.1, 0.15) is 10.4 Å². The number of phenolic OH excluding ortho intramolecular Hbond substituents is 1. The Morgan fingerprint density at radius 1 is 1.05 bits per heavy atom. The topological polar surface area (TPSA) is 78.0 Å². The van der Waals surface area contributed by atoms with E-state index in [1.54, 1.807) is 18.2 Å². The second kappa shape index (κ2) is 5.50. The van der Waals surface area contributed by atoms with Gasteiger partial charge in [0, 0.05) is 11.6 Å². The predicted octanol–water partition coefficient (Wildman–Crippen LogP) is 3.03. The van der Waals surface area contributed by atoms with E-state index < -0.39 is 0 Å². The van der Waals surface area contributed by atoms with Gasteiger partial charge in [-0.25, -0.2) is 0 Å². The van der Waals surface area contributed by atoms with E-state index in [4.69, 9.17) is 0 Å². The van der Waals surface area contributed by atoms with Gasteiger partial charge in [0.2, 0.25) is 0 Å². The molecule has 0 aliphatic carbocycles.